The van der Waals surface area contributed by atoms with E-state index in [-0.39, 0.29) is 30.7 Å². The van der Waals surface area contributed by atoms with Gasteiger partial charge in [0.2, 0.25) is 0 Å². The van der Waals surface area contributed by atoms with Gasteiger partial charge in [0.15, 0.2) is 0 Å². The quantitative estimate of drug-likeness (QED) is 0.732. The normalized spacial score (nSPS) is 30.3. The topological polar surface area (TPSA) is 55.8 Å². The van der Waals surface area contributed by atoms with Gasteiger partial charge in [-0.05, 0) is 39.0 Å². The summed E-state index contributed by atoms with van der Waals surface area (Å²) in [5.74, 6) is 0.934. The zero-order valence-corrected chi connectivity index (χ0v) is 15.1. The lowest BCUT2D eigenvalue weighted by molar-refractivity contribution is -0.153. The van der Waals surface area contributed by atoms with Gasteiger partial charge in [-0.1, -0.05) is 27.2 Å². The van der Waals surface area contributed by atoms with Gasteiger partial charge in [0.25, 0.3) is 0 Å². The van der Waals surface area contributed by atoms with E-state index in [4.69, 9.17) is 9.47 Å². The summed E-state index contributed by atoms with van der Waals surface area (Å²) in [5, 5.41) is 9.67. The minimum Gasteiger partial charge on any atom is -0.465 e. The number of aliphatic hydroxyl groups excluding tert-OH is 1. The van der Waals surface area contributed by atoms with E-state index in [0.29, 0.717) is 24.9 Å². The monoisotopic (exact) mass is 314 g/mol. The van der Waals surface area contributed by atoms with Gasteiger partial charge in [0.1, 0.15) is 0 Å². The Morgan fingerprint density at radius 1 is 1.32 bits per heavy atom. The maximum atomic E-state index is 11.8. The highest BCUT2D eigenvalue weighted by Gasteiger charge is 2.41. The molecule has 1 rings (SSSR count). The van der Waals surface area contributed by atoms with E-state index < -0.39 is 5.41 Å². The molecule has 4 heteroatoms. The average Bonchev–Trinajstić information content (AvgIpc) is 2.73. The minimum atomic E-state index is -0.473. The van der Waals surface area contributed by atoms with Gasteiger partial charge >= 0.3 is 5.97 Å². The molecule has 1 aliphatic heterocycles. The van der Waals surface area contributed by atoms with Crippen LogP contribution < -0.4 is 0 Å². The largest absolute Gasteiger partial charge is 0.465 e. The SMILES string of the molecule is CC[C@@H](C)C[C@H]1O[C@@H](CCOC(=O)C(C)(C)C)C(CO)[C@H]1C. The molecule has 0 aliphatic carbocycles. The second-order valence-corrected chi connectivity index (χ2v) is 7.84. The Kier molecular flexibility index (Phi) is 7.33. The summed E-state index contributed by atoms with van der Waals surface area (Å²) >= 11 is 0. The number of hydrogen-bond acceptors (Lipinski definition) is 4. The second kappa shape index (κ2) is 8.30. The van der Waals surface area contributed by atoms with Gasteiger partial charge in [-0.25, -0.2) is 0 Å². The van der Waals surface area contributed by atoms with E-state index in [1.165, 1.54) is 0 Å². The van der Waals surface area contributed by atoms with Crippen LogP contribution >= 0.6 is 0 Å². The molecular formula is C18H34O4. The highest BCUT2D eigenvalue weighted by atomic mass is 16.5. The second-order valence-electron chi connectivity index (χ2n) is 7.84. The van der Waals surface area contributed by atoms with Gasteiger partial charge in [-0.15, -0.1) is 0 Å². The van der Waals surface area contributed by atoms with E-state index in [1.54, 1.807) is 0 Å². The van der Waals surface area contributed by atoms with Crippen LogP contribution in [0.1, 0.15) is 60.8 Å². The highest BCUT2D eigenvalue weighted by Crippen LogP contribution is 2.37. The molecule has 4 nitrogen and oxygen atoms in total. The number of hydrogen-bond donors (Lipinski definition) is 1. The van der Waals surface area contributed by atoms with E-state index in [2.05, 4.69) is 20.8 Å². The van der Waals surface area contributed by atoms with Gasteiger partial charge in [-0.3, -0.25) is 4.79 Å². The molecule has 0 radical (unpaired) electrons. The van der Waals surface area contributed by atoms with Crippen molar-refractivity contribution in [3.63, 3.8) is 0 Å². The predicted molar refractivity (Wildman–Crippen MR) is 87.5 cm³/mol. The summed E-state index contributed by atoms with van der Waals surface area (Å²) in [4.78, 5) is 11.8. The molecule has 1 heterocycles. The molecule has 0 aromatic heterocycles. The summed E-state index contributed by atoms with van der Waals surface area (Å²) < 4.78 is 11.5. The Hall–Kier alpha value is -0.610. The molecule has 0 spiro atoms. The third kappa shape index (κ3) is 5.24. The molecular weight excluding hydrogens is 280 g/mol. The smallest absolute Gasteiger partial charge is 0.311 e. The Morgan fingerprint density at radius 2 is 1.95 bits per heavy atom. The molecule has 1 fully saturated rings. The molecule has 0 amide bonds. The van der Waals surface area contributed by atoms with Crippen LogP contribution in [0.4, 0.5) is 0 Å². The number of carbonyl (C=O) groups is 1. The number of carbonyl (C=O) groups excluding carboxylic acids is 1. The van der Waals surface area contributed by atoms with E-state index in [9.17, 15) is 9.90 Å². The number of rotatable bonds is 7. The van der Waals surface area contributed by atoms with Gasteiger partial charge in [-0.2, -0.15) is 0 Å². The predicted octanol–water partition coefficient (Wildman–Crippen LogP) is 3.41. The molecule has 5 atom stereocenters. The standard InChI is InChI=1S/C18H34O4/c1-7-12(2)10-16-13(3)14(11-19)15(22-16)8-9-21-17(20)18(4,5)6/h12-16,19H,7-11H2,1-6H3/t12-,13-,14?,15+,16-/m1/s1. The molecule has 1 N–H and O–H groups in total. The molecule has 1 saturated heterocycles. The van der Waals surface area contributed by atoms with Crippen LogP contribution in [0.2, 0.25) is 0 Å². The molecule has 0 aromatic carbocycles. The fourth-order valence-corrected chi connectivity index (χ4v) is 2.95. The van der Waals surface area contributed by atoms with Crippen LogP contribution in [0.25, 0.3) is 0 Å². The van der Waals surface area contributed by atoms with E-state index in [0.717, 1.165) is 12.8 Å². The summed E-state index contributed by atoms with van der Waals surface area (Å²) in [5.41, 5.74) is -0.473. The molecule has 0 bridgehead atoms. The third-order valence-electron chi connectivity index (χ3n) is 4.88. The van der Waals surface area contributed by atoms with Gasteiger partial charge < -0.3 is 14.6 Å². The minimum absolute atomic E-state index is 0.0122. The van der Waals surface area contributed by atoms with Crippen molar-refractivity contribution in [3.05, 3.63) is 0 Å². The lowest BCUT2D eigenvalue weighted by Crippen LogP contribution is -2.27. The summed E-state index contributed by atoms with van der Waals surface area (Å²) in [6.07, 6.45) is 3.03. The van der Waals surface area contributed by atoms with Crippen molar-refractivity contribution in [1.82, 2.24) is 0 Å². The van der Waals surface area contributed by atoms with Crippen molar-refractivity contribution in [2.24, 2.45) is 23.2 Å². The van der Waals surface area contributed by atoms with Crippen molar-refractivity contribution in [3.8, 4) is 0 Å². The van der Waals surface area contributed by atoms with Crippen molar-refractivity contribution < 1.29 is 19.4 Å². The van der Waals surface area contributed by atoms with E-state index >= 15 is 0 Å². The fraction of sp³-hybridized carbons (Fsp3) is 0.944. The fourth-order valence-electron chi connectivity index (χ4n) is 2.95. The molecule has 1 aliphatic rings. The first kappa shape index (κ1) is 19.4. The Morgan fingerprint density at radius 3 is 2.45 bits per heavy atom. The Bertz CT molecular complexity index is 347. The molecule has 130 valence electrons. The summed E-state index contributed by atoms with van der Waals surface area (Å²) in [6.45, 7) is 12.6. The Balaban J connectivity index is 2.50. The van der Waals surface area contributed by atoms with Crippen molar-refractivity contribution in [1.29, 1.82) is 0 Å². The number of esters is 1. The molecule has 0 aromatic rings. The maximum absolute atomic E-state index is 11.8. The van der Waals surface area contributed by atoms with Crippen molar-refractivity contribution in [2.45, 2.75) is 73.0 Å². The van der Waals surface area contributed by atoms with Gasteiger partial charge in [0, 0.05) is 18.9 Å². The van der Waals surface area contributed by atoms with Crippen LogP contribution in [-0.2, 0) is 14.3 Å². The Labute approximate surface area is 135 Å². The molecule has 22 heavy (non-hydrogen) atoms. The van der Waals surface area contributed by atoms with Crippen LogP contribution in [0.15, 0.2) is 0 Å². The zero-order valence-electron chi connectivity index (χ0n) is 15.1. The lowest BCUT2D eigenvalue weighted by Gasteiger charge is -2.20. The molecule has 1 unspecified atom stereocenters. The summed E-state index contributed by atoms with van der Waals surface area (Å²) in [7, 11) is 0. The van der Waals surface area contributed by atoms with Crippen LogP contribution in [-0.4, -0.2) is 36.5 Å². The highest BCUT2D eigenvalue weighted by molar-refractivity contribution is 5.75. The van der Waals surface area contributed by atoms with Gasteiger partial charge in [0.05, 0.1) is 24.2 Å². The molecule has 0 saturated carbocycles. The van der Waals surface area contributed by atoms with Crippen molar-refractivity contribution in [2.75, 3.05) is 13.2 Å². The summed E-state index contributed by atoms with van der Waals surface area (Å²) in [6, 6.07) is 0. The number of aliphatic hydroxyl groups is 1. The average molecular weight is 314 g/mol. The van der Waals surface area contributed by atoms with E-state index in [1.807, 2.05) is 20.8 Å². The number of ether oxygens (including phenoxy) is 2. The first-order valence-electron chi connectivity index (χ1n) is 8.64. The first-order chi connectivity index (χ1) is 10.2. The maximum Gasteiger partial charge on any atom is 0.311 e. The first-order valence-corrected chi connectivity index (χ1v) is 8.64. The third-order valence-corrected chi connectivity index (χ3v) is 4.88. The van der Waals surface area contributed by atoms with Crippen LogP contribution in [0.5, 0.6) is 0 Å². The zero-order chi connectivity index (χ0) is 16.9. The van der Waals surface area contributed by atoms with Crippen LogP contribution in [0, 0.1) is 23.2 Å². The van der Waals surface area contributed by atoms with Crippen molar-refractivity contribution >= 4 is 5.97 Å². The lowest BCUT2D eigenvalue weighted by atomic mass is 9.85. The van der Waals surface area contributed by atoms with Crippen LogP contribution in [0.3, 0.4) is 0 Å².